The summed E-state index contributed by atoms with van der Waals surface area (Å²) in [7, 11) is 0. The highest BCUT2D eigenvalue weighted by molar-refractivity contribution is 5.78. The first-order valence-electron chi connectivity index (χ1n) is 11.7. The monoisotopic (exact) mass is 478 g/mol. The van der Waals surface area contributed by atoms with Crippen LogP contribution in [0.25, 0.3) is 0 Å². The second-order valence-corrected chi connectivity index (χ2v) is 8.95. The van der Waals surface area contributed by atoms with E-state index in [0.29, 0.717) is 38.4 Å². The molecule has 0 bridgehead atoms. The van der Waals surface area contributed by atoms with Crippen LogP contribution in [0, 0.1) is 5.82 Å². The van der Waals surface area contributed by atoms with Gasteiger partial charge in [-0.15, -0.1) is 0 Å². The summed E-state index contributed by atoms with van der Waals surface area (Å²) >= 11 is 0. The maximum absolute atomic E-state index is 13.1. The molecular weight excluding hydrogens is 448 g/mol. The van der Waals surface area contributed by atoms with Gasteiger partial charge in [0.1, 0.15) is 5.82 Å². The molecule has 184 valence electrons. The number of halogens is 4. The number of piperazine rings is 1. The Bertz CT molecular complexity index is 958. The molecule has 2 fully saturated rings. The number of carbonyl (C=O) groups excluding carboxylic acids is 1. The zero-order valence-electron chi connectivity index (χ0n) is 19.1. The summed E-state index contributed by atoms with van der Waals surface area (Å²) in [5.74, 6) is -0.171. The van der Waals surface area contributed by atoms with E-state index in [1.165, 1.54) is 24.3 Å². The number of nitrogens with zero attached hydrogens (tertiary/aromatic N) is 4. The van der Waals surface area contributed by atoms with Crippen LogP contribution in [-0.2, 0) is 17.5 Å². The van der Waals surface area contributed by atoms with Gasteiger partial charge >= 0.3 is 6.18 Å². The Morgan fingerprint density at radius 2 is 1.50 bits per heavy atom. The predicted octanol–water partition coefficient (Wildman–Crippen LogP) is 3.70. The molecule has 4 rings (SSSR count). The van der Waals surface area contributed by atoms with Crippen LogP contribution in [0.5, 0.6) is 0 Å². The summed E-state index contributed by atoms with van der Waals surface area (Å²) in [6.45, 7) is 6.54. The van der Waals surface area contributed by atoms with Crippen LogP contribution in [-0.4, -0.2) is 79.5 Å². The highest BCUT2D eigenvalue weighted by Gasteiger charge is 2.31. The SMILES string of the molecule is O=C(CN1CCCN(Cc2ccc(F)cc2)CC1)N1CCN(c2cccc(C(F)(F)F)c2)CC1. The smallest absolute Gasteiger partial charge is 0.368 e. The summed E-state index contributed by atoms with van der Waals surface area (Å²) in [5.41, 5.74) is 0.957. The van der Waals surface area contributed by atoms with E-state index in [1.807, 2.05) is 9.80 Å². The van der Waals surface area contributed by atoms with Crippen LogP contribution in [0.1, 0.15) is 17.5 Å². The topological polar surface area (TPSA) is 30.0 Å². The minimum Gasteiger partial charge on any atom is -0.368 e. The lowest BCUT2D eigenvalue weighted by molar-refractivity contribution is -0.137. The van der Waals surface area contributed by atoms with Gasteiger partial charge in [-0.3, -0.25) is 14.6 Å². The van der Waals surface area contributed by atoms with E-state index >= 15 is 0 Å². The van der Waals surface area contributed by atoms with E-state index < -0.39 is 11.7 Å². The van der Waals surface area contributed by atoms with Crippen LogP contribution < -0.4 is 4.90 Å². The highest BCUT2D eigenvalue weighted by Crippen LogP contribution is 2.31. The fourth-order valence-corrected chi connectivity index (χ4v) is 4.57. The Kier molecular flexibility index (Phi) is 7.73. The highest BCUT2D eigenvalue weighted by atomic mass is 19.4. The molecule has 34 heavy (non-hydrogen) atoms. The zero-order valence-corrected chi connectivity index (χ0v) is 19.1. The molecule has 2 aliphatic rings. The van der Waals surface area contributed by atoms with E-state index in [9.17, 15) is 22.4 Å². The number of rotatable bonds is 5. The average molecular weight is 479 g/mol. The molecule has 2 aromatic rings. The summed E-state index contributed by atoms with van der Waals surface area (Å²) in [6, 6.07) is 11.9. The molecule has 2 aliphatic heterocycles. The molecule has 2 heterocycles. The largest absolute Gasteiger partial charge is 0.416 e. The number of benzene rings is 2. The molecule has 0 spiro atoms. The predicted molar refractivity (Wildman–Crippen MR) is 123 cm³/mol. The summed E-state index contributed by atoms with van der Waals surface area (Å²) < 4.78 is 52.2. The van der Waals surface area contributed by atoms with Crippen molar-refractivity contribution in [2.45, 2.75) is 19.1 Å². The van der Waals surface area contributed by atoms with Crippen molar-refractivity contribution in [3.8, 4) is 0 Å². The van der Waals surface area contributed by atoms with Crippen molar-refractivity contribution < 1.29 is 22.4 Å². The van der Waals surface area contributed by atoms with E-state index in [-0.39, 0.29) is 11.7 Å². The molecule has 2 saturated heterocycles. The Balaban J connectivity index is 1.24. The minimum absolute atomic E-state index is 0.0654. The maximum Gasteiger partial charge on any atom is 0.416 e. The zero-order chi connectivity index (χ0) is 24.1. The normalized spacial score (nSPS) is 18.7. The summed E-state index contributed by atoms with van der Waals surface area (Å²) in [6.07, 6.45) is -3.41. The number of carbonyl (C=O) groups is 1. The summed E-state index contributed by atoms with van der Waals surface area (Å²) in [4.78, 5) is 21.1. The quantitative estimate of drug-likeness (QED) is 0.614. The number of alkyl halides is 3. The lowest BCUT2D eigenvalue weighted by atomic mass is 10.1. The van der Waals surface area contributed by atoms with E-state index in [1.54, 1.807) is 18.2 Å². The van der Waals surface area contributed by atoms with Crippen molar-refractivity contribution >= 4 is 11.6 Å². The molecule has 0 radical (unpaired) electrons. The Morgan fingerprint density at radius 3 is 2.21 bits per heavy atom. The van der Waals surface area contributed by atoms with Gasteiger partial charge in [-0.25, -0.2) is 4.39 Å². The Hall–Kier alpha value is -2.65. The fourth-order valence-electron chi connectivity index (χ4n) is 4.57. The number of amides is 1. The summed E-state index contributed by atoms with van der Waals surface area (Å²) in [5, 5.41) is 0. The van der Waals surface area contributed by atoms with E-state index in [2.05, 4.69) is 9.80 Å². The van der Waals surface area contributed by atoms with Crippen molar-refractivity contribution in [3.63, 3.8) is 0 Å². The van der Waals surface area contributed by atoms with Gasteiger partial charge < -0.3 is 9.80 Å². The first kappa shape index (κ1) is 24.5. The van der Waals surface area contributed by atoms with Crippen LogP contribution in [0.2, 0.25) is 0 Å². The second-order valence-electron chi connectivity index (χ2n) is 8.95. The van der Waals surface area contributed by atoms with Gasteiger partial charge in [0.25, 0.3) is 0 Å². The lowest BCUT2D eigenvalue weighted by Crippen LogP contribution is -2.51. The van der Waals surface area contributed by atoms with Crippen LogP contribution in [0.3, 0.4) is 0 Å². The lowest BCUT2D eigenvalue weighted by Gasteiger charge is -2.37. The molecule has 0 aliphatic carbocycles. The third-order valence-electron chi connectivity index (χ3n) is 6.53. The van der Waals surface area contributed by atoms with Crippen molar-refractivity contribution in [1.82, 2.24) is 14.7 Å². The van der Waals surface area contributed by atoms with Gasteiger partial charge in [0, 0.05) is 51.5 Å². The third-order valence-corrected chi connectivity index (χ3v) is 6.53. The molecule has 0 saturated carbocycles. The average Bonchev–Trinajstić information content (AvgIpc) is 3.05. The van der Waals surface area contributed by atoms with Crippen molar-refractivity contribution in [2.75, 3.05) is 63.8 Å². The van der Waals surface area contributed by atoms with Crippen LogP contribution in [0.15, 0.2) is 48.5 Å². The van der Waals surface area contributed by atoms with Crippen LogP contribution in [0.4, 0.5) is 23.2 Å². The number of anilines is 1. The third kappa shape index (κ3) is 6.48. The first-order valence-corrected chi connectivity index (χ1v) is 11.7. The number of hydrogen-bond donors (Lipinski definition) is 0. The van der Waals surface area contributed by atoms with Gasteiger partial charge in [0.05, 0.1) is 12.1 Å². The molecular formula is C25H30F4N4O. The molecule has 9 heteroatoms. The van der Waals surface area contributed by atoms with Gasteiger partial charge in [0.15, 0.2) is 0 Å². The van der Waals surface area contributed by atoms with Crippen molar-refractivity contribution in [2.24, 2.45) is 0 Å². The van der Waals surface area contributed by atoms with Crippen molar-refractivity contribution in [1.29, 1.82) is 0 Å². The first-order chi connectivity index (χ1) is 16.3. The minimum atomic E-state index is -4.37. The van der Waals surface area contributed by atoms with Gasteiger partial charge in [0.2, 0.25) is 5.91 Å². The standard InChI is InChI=1S/C25H30F4N4O/c26-22-7-5-20(6-8-22)18-30-9-2-10-31(12-11-30)19-24(34)33-15-13-32(14-16-33)23-4-1-3-21(17-23)25(27,28)29/h1,3-8,17H,2,9-16,18-19H2. The van der Waals surface area contributed by atoms with E-state index in [4.69, 9.17) is 0 Å². The fraction of sp³-hybridized carbons (Fsp3) is 0.480. The van der Waals surface area contributed by atoms with Gasteiger partial charge in [-0.05, 0) is 55.4 Å². The molecule has 0 atom stereocenters. The van der Waals surface area contributed by atoms with E-state index in [0.717, 1.165) is 50.8 Å². The maximum atomic E-state index is 13.1. The van der Waals surface area contributed by atoms with Gasteiger partial charge in [-0.2, -0.15) is 13.2 Å². The molecule has 2 aromatic carbocycles. The molecule has 0 unspecified atom stereocenters. The molecule has 1 amide bonds. The Morgan fingerprint density at radius 1 is 0.824 bits per heavy atom. The number of hydrogen-bond acceptors (Lipinski definition) is 4. The molecule has 5 nitrogen and oxygen atoms in total. The van der Waals surface area contributed by atoms with Gasteiger partial charge in [-0.1, -0.05) is 18.2 Å². The molecule has 0 aromatic heterocycles. The van der Waals surface area contributed by atoms with Crippen LogP contribution >= 0.6 is 0 Å². The molecule has 0 N–H and O–H groups in total. The Labute approximate surface area is 197 Å². The van der Waals surface area contributed by atoms with Crippen molar-refractivity contribution in [3.05, 3.63) is 65.5 Å². The second kappa shape index (κ2) is 10.7.